The summed E-state index contributed by atoms with van der Waals surface area (Å²) in [5.74, 6) is -0.745. The Morgan fingerprint density at radius 1 is 1.37 bits per heavy atom. The van der Waals surface area contributed by atoms with Crippen molar-refractivity contribution in [1.82, 2.24) is 10.2 Å². The van der Waals surface area contributed by atoms with E-state index in [0.29, 0.717) is 23.0 Å². The van der Waals surface area contributed by atoms with Gasteiger partial charge < -0.3 is 10.2 Å². The maximum absolute atomic E-state index is 12.4. The van der Waals surface area contributed by atoms with Crippen LogP contribution in [0.1, 0.15) is 20.8 Å². The molecule has 0 bridgehead atoms. The molecule has 27 heavy (non-hydrogen) atoms. The molecule has 2 aromatic rings. The van der Waals surface area contributed by atoms with Gasteiger partial charge in [-0.15, -0.1) is 17.9 Å². The Morgan fingerprint density at radius 2 is 2.11 bits per heavy atom. The van der Waals surface area contributed by atoms with Gasteiger partial charge in [0.25, 0.3) is 11.6 Å². The van der Waals surface area contributed by atoms with Crippen molar-refractivity contribution < 1.29 is 14.5 Å². The molecule has 1 N–H and O–H groups in total. The number of hydrogen-bond donors (Lipinski definition) is 1. The van der Waals surface area contributed by atoms with E-state index in [1.807, 2.05) is 6.07 Å². The summed E-state index contributed by atoms with van der Waals surface area (Å²) in [5, 5.41) is 13.4. The zero-order chi connectivity index (χ0) is 20.0. The van der Waals surface area contributed by atoms with Gasteiger partial charge in [-0.1, -0.05) is 17.7 Å². The third-order valence-corrected chi connectivity index (χ3v) is 4.95. The van der Waals surface area contributed by atoms with Crippen LogP contribution in [0.5, 0.6) is 0 Å². The minimum absolute atomic E-state index is 0.0607. The van der Waals surface area contributed by atoms with Crippen molar-refractivity contribution in [2.24, 2.45) is 0 Å². The third-order valence-electron chi connectivity index (χ3n) is 3.73. The lowest BCUT2D eigenvalue weighted by molar-refractivity contribution is -0.385. The summed E-state index contributed by atoms with van der Waals surface area (Å²) in [4.78, 5) is 37.5. The highest BCUT2D eigenvalue weighted by Crippen LogP contribution is 2.23. The highest BCUT2D eigenvalue weighted by molar-refractivity contribution is 7.16. The Morgan fingerprint density at radius 3 is 2.67 bits per heavy atom. The molecule has 7 nitrogen and oxygen atoms in total. The second-order valence-electron chi connectivity index (χ2n) is 5.71. The van der Waals surface area contributed by atoms with Crippen molar-refractivity contribution in [3.8, 4) is 0 Å². The summed E-state index contributed by atoms with van der Waals surface area (Å²) in [6.45, 7) is 5.71. The molecule has 142 valence electrons. The van der Waals surface area contributed by atoms with Gasteiger partial charge in [0.05, 0.1) is 22.3 Å². The minimum Gasteiger partial charge on any atom is -0.343 e. The van der Waals surface area contributed by atoms with Crippen LogP contribution in [0.25, 0.3) is 0 Å². The molecular formula is C18H18ClN3O4S. The smallest absolute Gasteiger partial charge is 0.272 e. The number of carbonyl (C=O) groups is 2. The lowest BCUT2D eigenvalue weighted by Gasteiger charge is -2.20. The zero-order valence-electron chi connectivity index (χ0n) is 14.6. The molecule has 1 aromatic heterocycles. The van der Waals surface area contributed by atoms with E-state index in [9.17, 15) is 19.7 Å². The van der Waals surface area contributed by atoms with E-state index in [-0.39, 0.29) is 23.7 Å². The fraction of sp³-hybridized carbons (Fsp3) is 0.222. The lowest BCUT2D eigenvalue weighted by atomic mass is 10.1. The normalized spacial score (nSPS) is 10.3. The minimum atomic E-state index is -0.509. The van der Waals surface area contributed by atoms with Crippen molar-refractivity contribution in [1.29, 1.82) is 0 Å². The van der Waals surface area contributed by atoms with Gasteiger partial charge >= 0.3 is 0 Å². The fourth-order valence-electron chi connectivity index (χ4n) is 2.41. The van der Waals surface area contributed by atoms with Crippen LogP contribution in [0.3, 0.4) is 0 Å². The lowest BCUT2D eigenvalue weighted by Crippen LogP contribution is -2.39. The SMILES string of the molecule is C=CCN(Cc1ccc(Cl)s1)C(=O)CNC(=O)c1ccc([N+](=O)[O-])c(C)c1. The van der Waals surface area contributed by atoms with Gasteiger partial charge in [0.15, 0.2) is 0 Å². The number of carbonyl (C=O) groups excluding carboxylic acids is 2. The number of nitrogens with one attached hydrogen (secondary N) is 1. The molecule has 9 heteroatoms. The van der Waals surface area contributed by atoms with Crippen LogP contribution in [0.15, 0.2) is 43.0 Å². The van der Waals surface area contributed by atoms with Crippen molar-refractivity contribution in [2.75, 3.05) is 13.1 Å². The summed E-state index contributed by atoms with van der Waals surface area (Å²) in [7, 11) is 0. The standard InChI is InChI=1S/C18H18ClN3O4S/c1-3-8-21(11-14-5-7-16(19)27-14)17(23)10-20-18(24)13-4-6-15(22(25)26)12(2)9-13/h3-7,9H,1,8,10-11H2,2H3,(H,20,24). The van der Waals surface area contributed by atoms with E-state index in [1.165, 1.54) is 29.5 Å². The van der Waals surface area contributed by atoms with E-state index >= 15 is 0 Å². The molecular weight excluding hydrogens is 390 g/mol. The second-order valence-corrected chi connectivity index (χ2v) is 7.51. The molecule has 2 amide bonds. The number of hydrogen-bond acceptors (Lipinski definition) is 5. The summed E-state index contributed by atoms with van der Waals surface area (Å²) in [6, 6.07) is 7.66. The Balaban J connectivity index is 1.99. The average molecular weight is 408 g/mol. The van der Waals surface area contributed by atoms with E-state index < -0.39 is 10.8 Å². The number of benzene rings is 1. The maximum Gasteiger partial charge on any atom is 0.272 e. The first-order valence-corrected chi connectivity index (χ1v) is 9.17. The number of halogens is 1. The number of amides is 2. The van der Waals surface area contributed by atoms with Crippen LogP contribution in [0.4, 0.5) is 5.69 Å². The molecule has 0 aliphatic heterocycles. The summed E-state index contributed by atoms with van der Waals surface area (Å²) >= 11 is 7.29. The van der Waals surface area contributed by atoms with Gasteiger partial charge in [-0.2, -0.15) is 0 Å². The number of thiophene rings is 1. The van der Waals surface area contributed by atoms with Gasteiger partial charge in [0, 0.05) is 28.6 Å². The van der Waals surface area contributed by atoms with Crippen LogP contribution in [-0.2, 0) is 11.3 Å². The number of aryl methyl sites for hydroxylation is 1. The van der Waals surface area contributed by atoms with E-state index in [2.05, 4.69) is 11.9 Å². The summed E-state index contributed by atoms with van der Waals surface area (Å²) < 4.78 is 0.637. The van der Waals surface area contributed by atoms with Crippen LogP contribution < -0.4 is 5.32 Å². The monoisotopic (exact) mass is 407 g/mol. The first-order chi connectivity index (χ1) is 12.8. The molecule has 0 radical (unpaired) electrons. The molecule has 0 spiro atoms. The summed E-state index contributed by atoms with van der Waals surface area (Å²) in [6.07, 6.45) is 1.61. The molecule has 2 rings (SSSR count). The molecule has 0 aliphatic carbocycles. The van der Waals surface area contributed by atoms with Gasteiger partial charge in [-0.05, 0) is 31.2 Å². The predicted octanol–water partition coefficient (Wildman–Crippen LogP) is 3.56. The first-order valence-electron chi connectivity index (χ1n) is 7.98. The average Bonchev–Trinajstić information content (AvgIpc) is 3.03. The predicted molar refractivity (Wildman–Crippen MR) is 105 cm³/mol. The van der Waals surface area contributed by atoms with Gasteiger partial charge in [-0.25, -0.2) is 0 Å². The van der Waals surface area contributed by atoms with Crippen LogP contribution in [0, 0.1) is 17.0 Å². The van der Waals surface area contributed by atoms with Gasteiger partial charge in [-0.3, -0.25) is 19.7 Å². The third kappa shape index (κ3) is 5.63. The van der Waals surface area contributed by atoms with E-state index in [0.717, 1.165) is 4.88 Å². The first kappa shape index (κ1) is 20.6. The number of nitro groups is 1. The van der Waals surface area contributed by atoms with E-state index in [1.54, 1.807) is 24.0 Å². The summed E-state index contributed by atoms with van der Waals surface area (Å²) in [5.41, 5.74) is 0.572. The van der Waals surface area contributed by atoms with Crippen molar-refractivity contribution in [3.63, 3.8) is 0 Å². The highest BCUT2D eigenvalue weighted by atomic mass is 35.5. The largest absolute Gasteiger partial charge is 0.343 e. The van der Waals surface area contributed by atoms with Gasteiger partial charge in [0.1, 0.15) is 0 Å². The van der Waals surface area contributed by atoms with E-state index in [4.69, 9.17) is 11.6 Å². The van der Waals surface area contributed by atoms with Crippen LogP contribution in [-0.4, -0.2) is 34.7 Å². The molecule has 1 heterocycles. The number of nitrogens with zero attached hydrogens (tertiary/aromatic N) is 2. The fourth-order valence-corrected chi connectivity index (χ4v) is 3.51. The maximum atomic E-state index is 12.4. The van der Waals surface area contributed by atoms with Crippen molar-refractivity contribution in [3.05, 3.63) is 73.4 Å². The molecule has 0 saturated heterocycles. The Labute approximate surface area is 165 Å². The molecule has 0 saturated carbocycles. The van der Waals surface area contributed by atoms with Crippen molar-refractivity contribution >= 4 is 40.4 Å². The molecule has 1 aromatic carbocycles. The highest BCUT2D eigenvalue weighted by Gasteiger charge is 2.17. The molecule has 0 atom stereocenters. The Hall–Kier alpha value is -2.71. The second kappa shape index (κ2) is 9.29. The molecule has 0 unspecified atom stereocenters. The number of nitro benzene ring substituents is 1. The quantitative estimate of drug-likeness (QED) is 0.411. The zero-order valence-corrected chi connectivity index (χ0v) is 16.2. The van der Waals surface area contributed by atoms with Crippen molar-refractivity contribution in [2.45, 2.75) is 13.5 Å². The van der Waals surface area contributed by atoms with Crippen LogP contribution >= 0.6 is 22.9 Å². The number of rotatable bonds is 8. The Kier molecular flexibility index (Phi) is 7.09. The van der Waals surface area contributed by atoms with Crippen LogP contribution in [0.2, 0.25) is 4.34 Å². The molecule has 0 aliphatic rings. The topological polar surface area (TPSA) is 92.6 Å². The Bertz CT molecular complexity index is 881. The van der Waals surface area contributed by atoms with Gasteiger partial charge in [0.2, 0.25) is 5.91 Å². The molecule has 0 fully saturated rings.